The van der Waals surface area contributed by atoms with Crippen LogP contribution in [-0.4, -0.2) is 22.0 Å². The predicted octanol–water partition coefficient (Wildman–Crippen LogP) is 5.83. The molecule has 0 amide bonds. The van der Waals surface area contributed by atoms with Gasteiger partial charge in [-0.1, -0.05) is 72.8 Å². The molecule has 1 atom stereocenters. The Morgan fingerprint density at radius 3 is 2.37 bits per heavy atom. The van der Waals surface area contributed by atoms with Crippen LogP contribution in [0.2, 0.25) is 0 Å². The van der Waals surface area contributed by atoms with Crippen molar-refractivity contribution in [2.75, 3.05) is 7.05 Å². The zero-order valence-electron chi connectivity index (χ0n) is 17.0. The topological polar surface area (TPSA) is 49.5 Å². The number of hydrogen-bond donors (Lipinski definition) is 1. The molecular weight excluding hydrogens is 372 g/mol. The fourth-order valence-electron chi connectivity index (χ4n) is 4.40. The standard InChI is InChI=1S/C26H24N2O2/c1-28(22-16-15-21-20(22)13-8-14-23(21)29)17-24-27-25(18-9-4-2-5-10-18)26(30-24)19-11-6-3-7-12-19/h2-14,22,29H,15-17H2,1H3. The van der Waals surface area contributed by atoms with Crippen molar-refractivity contribution in [2.24, 2.45) is 0 Å². The maximum Gasteiger partial charge on any atom is 0.209 e. The van der Waals surface area contributed by atoms with Crippen molar-refractivity contribution >= 4 is 0 Å². The average molecular weight is 396 g/mol. The molecule has 1 unspecified atom stereocenters. The van der Waals surface area contributed by atoms with Crippen LogP contribution < -0.4 is 0 Å². The summed E-state index contributed by atoms with van der Waals surface area (Å²) < 4.78 is 6.30. The van der Waals surface area contributed by atoms with E-state index in [1.54, 1.807) is 6.07 Å². The Hall–Kier alpha value is -3.37. The van der Waals surface area contributed by atoms with Crippen LogP contribution in [0.5, 0.6) is 5.75 Å². The Morgan fingerprint density at radius 1 is 0.933 bits per heavy atom. The van der Waals surface area contributed by atoms with Crippen molar-refractivity contribution in [2.45, 2.75) is 25.4 Å². The van der Waals surface area contributed by atoms with Gasteiger partial charge >= 0.3 is 0 Å². The Labute approximate surface area is 176 Å². The molecular formula is C26H24N2O2. The normalized spacial score (nSPS) is 15.5. The molecule has 1 N–H and O–H groups in total. The Kier molecular flexibility index (Phi) is 4.85. The van der Waals surface area contributed by atoms with Gasteiger partial charge in [0.1, 0.15) is 11.4 Å². The second kappa shape index (κ2) is 7.81. The zero-order valence-corrected chi connectivity index (χ0v) is 17.0. The lowest BCUT2D eigenvalue weighted by Crippen LogP contribution is -2.22. The molecule has 30 heavy (non-hydrogen) atoms. The Bertz CT molecular complexity index is 1100. The number of benzene rings is 3. The smallest absolute Gasteiger partial charge is 0.209 e. The molecule has 4 aromatic rings. The largest absolute Gasteiger partial charge is 0.508 e. The van der Waals surface area contributed by atoms with Crippen molar-refractivity contribution in [1.29, 1.82) is 0 Å². The number of phenols is 1. The number of fused-ring (bicyclic) bond motifs is 1. The number of aromatic hydroxyl groups is 1. The maximum atomic E-state index is 10.2. The first-order chi connectivity index (χ1) is 14.7. The van der Waals surface area contributed by atoms with E-state index in [9.17, 15) is 5.11 Å². The van der Waals surface area contributed by atoms with Gasteiger partial charge < -0.3 is 9.52 Å². The van der Waals surface area contributed by atoms with Crippen LogP contribution in [0.25, 0.3) is 22.6 Å². The van der Waals surface area contributed by atoms with Crippen molar-refractivity contribution < 1.29 is 9.52 Å². The molecule has 0 radical (unpaired) electrons. The van der Waals surface area contributed by atoms with Crippen molar-refractivity contribution in [3.05, 3.63) is 95.9 Å². The average Bonchev–Trinajstić information content (AvgIpc) is 3.40. The van der Waals surface area contributed by atoms with Gasteiger partial charge in [0.15, 0.2) is 5.76 Å². The summed E-state index contributed by atoms with van der Waals surface area (Å²) in [7, 11) is 2.10. The molecule has 0 saturated heterocycles. The molecule has 1 heterocycles. The van der Waals surface area contributed by atoms with E-state index in [1.807, 2.05) is 42.5 Å². The van der Waals surface area contributed by atoms with E-state index in [0.717, 1.165) is 41.0 Å². The van der Waals surface area contributed by atoms with Crippen LogP contribution in [0.4, 0.5) is 0 Å². The van der Waals surface area contributed by atoms with Gasteiger partial charge in [-0.15, -0.1) is 0 Å². The molecule has 0 fully saturated rings. The van der Waals surface area contributed by atoms with E-state index in [2.05, 4.69) is 42.3 Å². The molecule has 1 aliphatic carbocycles. The fraction of sp³-hybridized carbons (Fsp3) is 0.192. The molecule has 0 spiro atoms. The molecule has 150 valence electrons. The highest BCUT2D eigenvalue weighted by atomic mass is 16.4. The molecule has 0 aliphatic heterocycles. The van der Waals surface area contributed by atoms with Crippen LogP contribution in [0.1, 0.15) is 29.5 Å². The number of aromatic nitrogens is 1. The quantitative estimate of drug-likeness (QED) is 0.461. The van der Waals surface area contributed by atoms with E-state index in [4.69, 9.17) is 9.40 Å². The van der Waals surface area contributed by atoms with E-state index < -0.39 is 0 Å². The summed E-state index contributed by atoms with van der Waals surface area (Å²) in [6.07, 6.45) is 1.88. The predicted molar refractivity (Wildman–Crippen MR) is 118 cm³/mol. The maximum absolute atomic E-state index is 10.2. The van der Waals surface area contributed by atoms with E-state index in [0.29, 0.717) is 18.2 Å². The summed E-state index contributed by atoms with van der Waals surface area (Å²) in [4.78, 5) is 7.15. The summed E-state index contributed by atoms with van der Waals surface area (Å²) in [5.41, 5.74) is 5.21. The molecule has 5 rings (SSSR count). The first kappa shape index (κ1) is 18.6. The summed E-state index contributed by atoms with van der Waals surface area (Å²) in [5, 5.41) is 10.2. The number of oxazole rings is 1. The Balaban J connectivity index is 1.47. The number of rotatable bonds is 5. The van der Waals surface area contributed by atoms with Crippen molar-refractivity contribution in [3.8, 4) is 28.3 Å². The van der Waals surface area contributed by atoms with Crippen LogP contribution >= 0.6 is 0 Å². The van der Waals surface area contributed by atoms with Gasteiger partial charge in [-0.05, 0) is 37.1 Å². The van der Waals surface area contributed by atoms with Gasteiger partial charge in [0.25, 0.3) is 0 Å². The third-order valence-corrected chi connectivity index (χ3v) is 5.89. The lowest BCUT2D eigenvalue weighted by atomic mass is 10.1. The minimum Gasteiger partial charge on any atom is -0.508 e. The summed E-state index contributed by atoms with van der Waals surface area (Å²) in [6, 6.07) is 26.4. The molecule has 4 nitrogen and oxygen atoms in total. The van der Waals surface area contributed by atoms with Crippen LogP contribution in [0.15, 0.2) is 83.3 Å². The highest BCUT2D eigenvalue weighted by molar-refractivity contribution is 5.76. The van der Waals surface area contributed by atoms with Crippen molar-refractivity contribution in [3.63, 3.8) is 0 Å². The monoisotopic (exact) mass is 396 g/mol. The van der Waals surface area contributed by atoms with Gasteiger partial charge in [-0.2, -0.15) is 0 Å². The zero-order chi connectivity index (χ0) is 20.5. The second-order valence-electron chi connectivity index (χ2n) is 7.83. The van der Waals surface area contributed by atoms with Crippen LogP contribution in [-0.2, 0) is 13.0 Å². The fourth-order valence-corrected chi connectivity index (χ4v) is 4.40. The third kappa shape index (κ3) is 3.40. The molecule has 1 aromatic heterocycles. The molecule has 1 aliphatic rings. The van der Waals surface area contributed by atoms with Crippen LogP contribution in [0, 0.1) is 0 Å². The SMILES string of the molecule is CN(Cc1nc(-c2ccccc2)c(-c2ccccc2)o1)C1CCc2c(O)cccc21. The van der Waals surface area contributed by atoms with E-state index >= 15 is 0 Å². The van der Waals surface area contributed by atoms with E-state index in [-0.39, 0.29) is 6.04 Å². The first-order valence-corrected chi connectivity index (χ1v) is 10.3. The first-order valence-electron chi connectivity index (χ1n) is 10.3. The third-order valence-electron chi connectivity index (χ3n) is 5.89. The highest BCUT2D eigenvalue weighted by Crippen LogP contribution is 2.40. The summed E-state index contributed by atoms with van der Waals surface area (Å²) in [5.74, 6) is 1.90. The number of hydrogen-bond acceptors (Lipinski definition) is 4. The van der Waals surface area contributed by atoms with Crippen LogP contribution in [0.3, 0.4) is 0 Å². The lowest BCUT2D eigenvalue weighted by molar-refractivity contribution is 0.214. The minimum atomic E-state index is 0.249. The van der Waals surface area contributed by atoms with Crippen molar-refractivity contribution in [1.82, 2.24) is 9.88 Å². The summed E-state index contributed by atoms with van der Waals surface area (Å²) >= 11 is 0. The lowest BCUT2D eigenvalue weighted by Gasteiger charge is -2.23. The van der Waals surface area contributed by atoms with Gasteiger partial charge in [0.05, 0.1) is 6.54 Å². The molecule has 3 aromatic carbocycles. The molecule has 4 heteroatoms. The van der Waals surface area contributed by atoms with E-state index in [1.165, 1.54) is 5.56 Å². The second-order valence-corrected chi connectivity index (χ2v) is 7.83. The van der Waals surface area contributed by atoms with Gasteiger partial charge in [0, 0.05) is 17.2 Å². The van der Waals surface area contributed by atoms with Gasteiger partial charge in [0.2, 0.25) is 5.89 Å². The minimum absolute atomic E-state index is 0.249. The highest BCUT2D eigenvalue weighted by Gasteiger charge is 2.29. The van der Waals surface area contributed by atoms with Gasteiger partial charge in [-0.3, -0.25) is 4.90 Å². The Morgan fingerprint density at radius 2 is 1.63 bits per heavy atom. The molecule has 0 bridgehead atoms. The number of phenolic OH excluding ortho intramolecular Hbond substituents is 1. The summed E-state index contributed by atoms with van der Waals surface area (Å²) in [6.45, 7) is 0.604. The number of nitrogens with zero attached hydrogens (tertiary/aromatic N) is 2. The van der Waals surface area contributed by atoms with Gasteiger partial charge in [-0.25, -0.2) is 4.98 Å². The molecule has 0 saturated carbocycles.